The lowest BCUT2D eigenvalue weighted by atomic mass is 10.7. The predicted molar refractivity (Wildman–Crippen MR) is 80.0 cm³/mol. The molecule has 0 saturated heterocycles. The number of aliphatic imine (C=N–C) groups is 1. The molecule has 1 nitrogen and oxygen atoms in total. The number of hydrogen-bond acceptors (Lipinski definition) is 1. The van der Waals surface area contributed by atoms with E-state index in [0.717, 1.165) is 3.70 Å². The Labute approximate surface area is 108 Å². The Balaban J connectivity index is -0.0000000560. The van der Waals surface area contributed by atoms with Gasteiger partial charge in [-0.3, -0.25) is 4.99 Å². The van der Waals surface area contributed by atoms with Crippen molar-refractivity contribution in [3.05, 3.63) is 22.9 Å². The summed E-state index contributed by atoms with van der Waals surface area (Å²) in [4.78, 5) is 3.97. The smallest absolute Gasteiger partial charge is 0.0962 e. The van der Waals surface area contributed by atoms with E-state index in [1.807, 2.05) is 33.8 Å². The molecule has 0 aromatic carbocycles. The van der Waals surface area contributed by atoms with E-state index in [1.165, 1.54) is 0 Å². The van der Waals surface area contributed by atoms with Crippen molar-refractivity contribution in [1.82, 2.24) is 0 Å². The van der Waals surface area contributed by atoms with Gasteiger partial charge in [0.05, 0.1) is 3.70 Å². The first kappa shape index (κ1) is 22.9. The zero-order chi connectivity index (χ0) is 9.70. The molecule has 0 rings (SSSR count). The van der Waals surface area contributed by atoms with Gasteiger partial charge in [-0.1, -0.05) is 19.9 Å². The molecule has 0 bridgehead atoms. The maximum Gasteiger partial charge on any atom is 0.0962 e. The van der Waals surface area contributed by atoms with Gasteiger partial charge in [-0.05, 0) is 36.4 Å². The molecule has 0 radical (unpaired) electrons. The van der Waals surface area contributed by atoms with E-state index in [9.17, 15) is 0 Å². The highest BCUT2D eigenvalue weighted by Crippen LogP contribution is 2.04. The first-order valence-corrected chi connectivity index (χ1v) is 4.69. The van der Waals surface area contributed by atoms with Crippen LogP contribution in [-0.2, 0) is 0 Å². The molecule has 0 aliphatic heterocycles. The first-order valence-electron chi connectivity index (χ1n) is 3.61. The molecule has 0 aromatic heterocycles. The Kier molecular flexibility index (Phi) is 57.2. The number of halogens is 2. The predicted octanol–water partition coefficient (Wildman–Crippen LogP) is 4.82. The summed E-state index contributed by atoms with van der Waals surface area (Å²) in [6.45, 7) is 13.9. The molecule has 0 aliphatic carbocycles. The van der Waals surface area contributed by atoms with Gasteiger partial charge in [-0.15, -0.1) is 37.1 Å². The SMILES string of the molecule is C/C=N\C(I)=C/C.C=C.CC.I. The van der Waals surface area contributed by atoms with Crippen LogP contribution in [-0.4, -0.2) is 6.21 Å². The Morgan fingerprint density at radius 1 is 1.25 bits per heavy atom. The van der Waals surface area contributed by atoms with Gasteiger partial charge < -0.3 is 0 Å². The van der Waals surface area contributed by atoms with E-state index in [2.05, 4.69) is 40.7 Å². The molecule has 0 aromatic rings. The fraction of sp³-hybridized carbons (Fsp3) is 0.444. The van der Waals surface area contributed by atoms with E-state index in [0.29, 0.717) is 0 Å². The quantitative estimate of drug-likeness (QED) is 0.261. The van der Waals surface area contributed by atoms with E-state index < -0.39 is 0 Å². The lowest BCUT2D eigenvalue weighted by molar-refractivity contribution is 1.50. The molecule has 12 heavy (non-hydrogen) atoms. The van der Waals surface area contributed by atoms with Crippen LogP contribution in [0.3, 0.4) is 0 Å². The third kappa shape index (κ3) is 31.1. The minimum Gasteiger partial charge on any atom is -0.255 e. The molecule has 0 saturated carbocycles. The highest BCUT2D eigenvalue weighted by Gasteiger charge is 1.73. The van der Waals surface area contributed by atoms with Gasteiger partial charge >= 0.3 is 0 Å². The summed E-state index contributed by atoms with van der Waals surface area (Å²) in [7, 11) is 0. The molecule has 0 aliphatic rings. The normalized spacial score (nSPS) is 8.58. The van der Waals surface area contributed by atoms with Crippen molar-refractivity contribution in [2.24, 2.45) is 4.99 Å². The number of rotatable bonds is 1. The van der Waals surface area contributed by atoms with Crippen molar-refractivity contribution < 1.29 is 0 Å². The summed E-state index contributed by atoms with van der Waals surface area (Å²) < 4.78 is 1.04. The van der Waals surface area contributed by atoms with Crippen LogP contribution in [0.1, 0.15) is 27.7 Å². The maximum absolute atomic E-state index is 3.97. The van der Waals surface area contributed by atoms with Crippen LogP contribution < -0.4 is 0 Å². The average molecular weight is 395 g/mol. The summed E-state index contributed by atoms with van der Waals surface area (Å²) in [5.41, 5.74) is 0. The van der Waals surface area contributed by atoms with Crippen molar-refractivity contribution in [1.29, 1.82) is 0 Å². The monoisotopic (exact) mass is 395 g/mol. The van der Waals surface area contributed by atoms with Crippen LogP contribution in [0.25, 0.3) is 0 Å². The van der Waals surface area contributed by atoms with Crippen LogP contribution in [0.4, 0.5) is 0 Å². The Bertz CT molecular complexity index is 109. The van der Waals surface area contributed by atoms with Crippen molar-refractivity contribution in [2.45, 2.75) is 27.7 Å². The summed E-state index contributed by atoms with van der Waals surface area (Å²) >= 11 is 2.17. The molecule has 0 atom stereocenters. The Morgan fingerprint density at radius 2 is 1.58 bits per heavy atom. The second kappa shape index (κ2) is 29.9. The minimum atomic E-state index is 0. The van der Waals surface area contributed by atoms with E-state index in [4.69, 9.17) is 0 Å². The Morgan fingerprint density at radius 3 is 1.67 bits per heavy atom. The summed E-state index contributed by atoms with van der Waals surface area (Å²) in [6.07, 6.45) is 3.74. The molecule has 0 N–H and O–H groups in total. The standard InChI is InChI=1S/C5H8IN.C2H6.C2H4.HI/c1-3-5(6)7-4-2;2*1-2;/h3-4H,1-2H3;1-2H3;1-2H2;1H/b5-3-,7-4-;;;. The molecule has 0 amide bonds. The highest BCUT2D eigenvalue weighted by molar-refractivity contribution is 14.1. The van der Waals surface area contributed by atoms with Crippen LogP contribution in [0, 0.1) is 0 Å². The number of nitrogens with zero attached hydrogens (tertiary/aromatic N) is 1. The molecule has 3 heteroatoms. The van der Waals surface area contributed by atoms with Crippen LogP contribution >= 0.6 is 46.6 Å². The third-order valence-electron chi connectivity index (χ3n) is 0.491. The molecule has 0 heterocycles. The fourth-order valence-corrected chi connectivity index (χ4v) is 0.476. The molecular weight excluding hydrogens is 376 g/mol. The number of hydrogen-bond donors (Lipinski definition) is 0. The first-order chi connectivity index (χ1) is 5.31. The Hall–Kier alpha value is 0.610. The second-order valence-corrected chi connectivity index (χ2v) is 2.10. The largest absolute Gasteiger partial charge is 0.255 e. The second-order valence-electron chi connectivity index (χ2n) is 0.999. The van der Waals surface area contributed by atoms with Gasteiger partial charge in [-0.25, -0.2) is 0 Å². The zero-order valence-electron chi connectivity index (χ0n) is 8.30. The number of allylic oxidation sites excluding steroid dienone is 1. The van der Waals surface area contributed by atoms with Gasteiger partial charge in [0.1, 0.15) is 0 Å². The molecule has 0 fully saturated rings. The van der Waals surface area contributed by atoms with E-state index in [-0.39, 0.29) is 24.0 Å². The van der Waals surface area contributed by atoms with Gasteiger partial charge in [0.25, 0.3) is 0 Å². The fourth-order valence-electron chi connectivity index (χ4n) is 0.198. The van der Waals surface area contributed by atoms with Gasteiger partial charge in [0.2, 0.25) is 0 Å². The van der Waals surface area contributed by atoms with Crippen LogP contribution in [0.5, 0.6) is 0 Å². The van der Waals surface area contributed by atoms with E-state index in [1.54, 1.807) is 6.21 Å². The summed E-state index contributed by atoms with van der Waals surface area (Å²) in [6, 6.07) is 0. The summed E-state index contributed by atoms with van der Waals surface area (Å²) in [5, 5.41) is 0. The van der Waals surface area contributed by atoms with Crippen molar-refractivity contribution >= 4 is 52.8 Å². The molecule has 74 valence electrons. The van der Waals surface area contributed by atoms with Gasteiger partial charge in [0.15, 0.2) is 0 Å². The van der Waals surface area contributed by atoms with Gasteiger partial charge in [-0.2, -0.15) is 0 Å². The lowest BCUT2D eigenvalue weighted by Gasteiger charge is -1.79. The lowest BCUT2D eigenvalue weighted by Crippen LogP contribution is -1.59. The van der Waals surface area contributed by atoms with E-state index >= 15 is 0 Å². The van der Waals surface area contributed by atoms with Gasteiger partial charge in [0, 0.05) is 6.21 Å². The topological polar surface area (TPSA) is 12.4 Å². The van der Waals surface area contributed by atoms with Crippen LogP contribution in [0.2, 0.25) is 0 Å². The average Bonchev–Trinajstić information content (AvgIpc) is 2.12. The molecule has 0 unspecified atom stereocenters. The van der Waals surface area contributed by atoms with Crippen molar-refractivity contribution in [3.8, 4) is 0 Å². The highest BCUT2D eigenvalue weighted by atomic mass is 127. The maximum atomic E-state index is 3.97. The van der Waals surface area contributed by atoms with Crippen molar-refractivity contribution in [3.63, 3.8) is 0 Å². The third-order valence-corrected chi connectivity index (χ3v) is 1.39. The minimum absolute atomic E-state index is 0. The van der Waals surface area contributed by atoms with Crippen LogP contribution in [0.15, 0.2) is 27.9 Å². The summed E-state index contributed by atoms with van der Waals surface area (Å²) in [5.74, 6) is 0. The molecular formula is C9H19I2N. The molecule has 0 spiro atoms. The zero-order valence-corrected chi connectivity index (χ0v) is 12.8. The van der Waals surface area contributed by atoms with Crippen molar-refractivity contribution in [2.75, 3.05) is 0 Å².